The molecule has 29 heavy (non-hydrogen) atoms. The van der Waals surface area contributed by atoms with Crippen molar-refractivity contribution in [3.63, 3.8) is 0 Å². The van der Waals surface area contributed by atoms with E-state index in [1.54, 1.807) is 35.1 Å². The lowest BCUT2D eigenvalue weighted by Crippen LogP contribution is -2.28. The van der Waals surface area contributed by atoms with Gasteiger partial charge in [0, 0.05) is 34.3 Å². The van der Waals surface area contributed by atoms with Gasteiger partial charge in [-0.2, -0.15) is 0 Å². The molecule has 1 amide bonds. The summed E-state index contributed by atoms with van der Waals surface area (Å²) in [4.78, 5) is 25.7. The first-order valence-corrected chi connectivity index (χ1v) is 11.0. The fourth-order valence-electron chi connectivity index (χ4n) is 2.97. The summed E-state index contributed by atoms with van der Waals surface area (Å²) in [5, 5.41) is 9.04. The number of benzene rings is 1. The van der Waals surface area contributed by atoms with Gasteiger partial charge in [-0.05, 0) is 31.5 Å². The Kier molecular flexibility index (Phi) is 5.78. The van der Waals surface area contributed by atoms with Crippen molar-refractivity contribution >= 4 is 28.6 Å². The topological polar surface area (TPSA) is 67.8 Å². The van der Waals surface area contributed by atoms with Crippen LogP contribution >= 0.6 is 22.7 Å². The fraction of sp³-hybridized carbons (Fsp3) is 0.182. The average Bonchev–Trinajstić information content (AvgIpc) is 3.39. The number of amides is 1. The summed E-state index contributed by atoms with van der Waals surface area (Å²) in [6.45, 7) is 3.96. The number of nitrogens with one attached hydrogen (secondary N) is 1. The number of carbonyl (C=O) groups excluding carboxylic acids is 1. The van der Waals surface area contributed by atoms with Crippen LogP contribution in [0.25, 0.3) is 22.5 Å². The van der Waals surface area contributed by atoms with Crippen molar-refractivity contribution < 1.29 is 4.79 Å². The van der Waals surface area contributed by atoms with Crippen LogP contribution in [0.15, 0.2) is 59.6 Å². The van der Waals surface area contributed by atoms with Crippen molar-refractivity contribution in [2.24, 2.45) is 0 Å². The van der Waals surface area contributed by atoms with Gasteiger partial charge < -0.3 is 5.32 Å². The van der Waals surface area contributed by atoms with Gasteiger partial charge in [0.05, 0.1) is 28.9 Å². The Morgan fingerprint density at radius 2 is 1.62 bits per heavy atom. The lowest BCUT2D eigenvalue weighted by molar-refractivity contribution is -0.121. The highest BCUT2D eigenvalue weighted by atomic mass is 32.1. The van der Waals surface area contributed by atoms with E-state index in [1.807, 2.05) is 61.0 Å². The Bertz CT molecular complexity index is 1100. The number of hydrogen-bond donors (Lipinski definition) is 1. The Morgan fingerprint density at radius 1 is 0.966 bits per heavy atom. The number of rotatable bonds is 6. The maximum absolute atomic E-state index is 12.5. The molecule has 4 aromatic rings. The van der Waals surface area contributed by atoms with Gasteiger partial charge in [0.1, 0.15) is 5.01 Å². The van der Waals surface area contributed by atoms with Crippen LogP contribution in [0.5, 0.6) is 0 Å². The number of nitrogens with zero attached hydrogens (tertiary/aromatic N) is 3. The number of carbonyl (C=O) groups is 1. The molecule has 1 unspecified atom stereocenters. The average molecular weight is 421 g/mol. The third-order valence-corrected chi connectivity index (χ3v) is 6.28. The molecule has 0 saturated carbocycles. The molecule has 0 radical (unpaired) electrons. The summed E-state index contributed by atoms with van der Waals surface area (Å²) in [7, 11) is 0. The van der Waals surface area contributed by atoms with Gasteiger partial charge in [0.15, 0.2) is 0 Å². The molecule has 1 aromatic carbocycles. The highest BCUT2D eigenvalue weighted by Crippen LogP contribution is 2.25. The second-order valence-corrected chi connectivity index (χ2v) is 8.67. The second kappa shape index (κ2) is 8.63. The number of thiazole rings is 2. The molecule has 0 aliphatic rings. The van der Waals surface area contributed by atoms with Crippen LogP contribution in [0.1, 0.15) is 28.5 Å². The van der Waals surface area contributed by atoms with Crippen LogP contribution in [0.2, 0.25) is 0 Å². The molecular weight excluding hydrogens is 400 g/mol. The van der Waals surface area contributed by atoms with Crippen molar-refractivity contribution in [1.82, 2.24) is 20.3 Å². The molecule has 0 spiro atoms. The minimum atomic E-state index is -0.139. The molecule has 0 aliphatic heterocycles. The normalized spacial score (nSPS) is 11.9. The lowest BCUT2D eigenvalue weighted by Gasteiger charge is -2.11. The molecule has 0 aliphatic carbocycles. The summed E-state index contributed by atoms with van der Waals surface area (Å²) in [5.41, 5.74) is 4.95. The largest absolute Gasteiger partial charge is 0.347 e. The molecule has 3 aromatic heterocycles. The van der Waals surface area contributed by atoms with Gasteiger partial charge in [0.25, 0.3) is 0 Å². The quantitative estimate of drug-likeness (QED) is 0.474. The molecule has 7 heteroatoms. The van der Waals surface area contributed by atoms with Crippen molar-refractivity contribution in [2.45, 2.75) is 26.3 Å². The Balaban J connectivity index is 1.36. The van der Waals surface area contributed by atoms with Crippen molar-refractivity contribution in [3.8, 4) is 22.5 Å². The van der Waals surface area contributed by atoms with Crippen LogP contribution in [-0.2, 0) is 11.2 Å². The van der Waals surface area contributed by atoms with Gasteiger partial charge in [0.2, 0.25) is 5.91 Å². The summed E-state index contributed by atoms with van der Waals surface area (Å²) in [5.74, 6) is -0.0181. The Labute approximate surface area is 177 Å². The van der Waals surface area contributed by atoms with Crippen LogP contribution in [-0.4, -0.2) is 20.9 Å². The van der Waals surface area contributed by atoms with E-state index in [4.69, 9.17) is 0 Å². The molecule has 0 fully saturated rings. The Morgan fingerprint density at radius 3 is 2.31 bits per heavy atom. The number of aromatic nitrogens is 3. The molecule has 1 N–H and O–H groups in total. The summed E-state index contributed by atoms with van der Waals surface area (Å²) in [6, 6.07) is 11.7. The summed E-state index contributed by atoms with van der Waals surface area (Å²) in [6.07, 6.45) is 3.84. The first-order chi connectivity index (χ1) is 14.1. The third-order valence-electron chi connectivity index (χ3n) is 4.48. The molecule has 3 heterocycles. The van der Waals surface area contributed by atoms with Crippen molar-refractivity contribution in [2.75, 3.05) is 0 Å². The maximum Gasteiger partial charge on any atom is 0.224 e. The van der Waals surface area contributed by atoms with E-state index < -0.39 is 0 Å². The first-order valence-electron chi connectivity index (χ1n) is 9.25. The second-order valence-electron chi connectivity index (χ2n) is 6.72. The van der Waals surface area contributed by atoms with Gasteiger partial charge in [-0.15, -0.1) is 22.7 Å². The molecular formula is C22H20N4OS2. The zero-order valence-electron chi connectivity index (χ0n) is 16.1. The van der Waals surface area contributed by atoms with Gasteiger partial charge in [-0.3, -0.25) is 9.78 Å². The van der Waals surface area contributed by atoms with Crippen molar-refractivity contribution in [1.29, 1.82) is 0 Å². The zero-order chi connectivity index (χ0) is 20.2. The Hall–Kier alpha value is -2.90. The molecule has 4 rings (SSSR count). The van der Waals surface area contributed by atoms with Crippen LogP contribution < -0.4 is 5.32 Å². The lowest BCUT2D eigenvalue weighted by atomic mass is 10.1. The van der Waals surface area contributed by atoms with Gasteiger partial charge in [-0.25, -0.2) is 9.97 Å². The van der Waals surface area contributed by atoms with Crippen LogP contribution in [0, 0.1) is 6.92 Å². The first kappa shape index (κ1) is 19.4. The van der Waals surface area contributed by atoms with E-state index in [-0.39, 0.29) is 11.9 Å². The van der Waals surface area contributed by atoms with Gasteiger partial charge >= 0.3 is 0 Å². The van der Waals surface area contributed by atoms with Crippen LogP contribution in [0.3, 0.4) is 0 Å². The molecule has 146 valence electrons. The monoisotopic (exact) mass is 420 g/mol. The van der Waals surface area contributed by atoms with E-state index in [0.717, 1.165) is 38.1 Å². The number of hydrogen-bond acceptors (Lipinski definition) is 6. The molecule has 5 nitrogen and oxygen atoms in total. The fourth-order valence-corrected chi connectivity index (χ4v) is 4.43. The smallest absolute Gasteiger partial charge is 0.224 e. The van der Waals surface area contributed by atoms with E-state index >= 15 is 0 Å². The third kappa shape index (κ3) is 4.75. The van der Waals surface area contributed by atoms with E-state index in [1.165, 1.54) is 0 Å². The minimum absolute atomic E-state index is 0.0181. The summed E-state index contributed by atoms with van der Waals surface area (Å²) >= 11 is 3.19. The zero-order valence-corrected chi connectivity index (χ0v) is 17.8. The molecule has 0 saturated heterocycles. The van der Waals surface area contributed by atoms with Crippen molar-refractivity contribution in [3.05, 3.63) is 75.1 Å². The van der Waals surface area contributed by atoms with E-state index in [9.17, 15) is 4.79 Å². The van der Waals surface area contributed by atoms with E-state index in [2.05, 4.69) is 20.3 Å². The SMILES string of the molecule is Cc1nc(-c2ccc(CC(=O)NC(C)c3nc(-c4ccncc4)cs3)cc2)cs1. The molecule has 0 bridgehead atoms. The maximum atomic E-state index is 12.5. The van der Waals surface area contributed by atoms with Crippen LogP contribution in [0.4, 0.5) is 0 Å². The highest BCUT2D eigenvalue weighted by molar-refractivity contribution is 7.10. The predicted molar refractivity (Wildman–Crippen MR) is 118 cm³/mol. The molecule has 1 atom stereocenters. The van der Waals surface area contributed by atoms with E-state index in [0.29, 0.717) is 6.42 Å². The predicted octanol–water partition coefficient (Wildman–Crippen LogP) is 5.06. The number of pyridine rings is 1. The van der Waals surface area contributed by atoms with Gasteiger partial charge in [-0.1, -0.05) is 24.3 Å². The highest BCUT2D eigenvalue weighted by Gasteiger charge is 2.14. The standard InChI is InChI=1S/C22H20N4OS2/c1-14(22-26-20(13-29-22)18-7-9-23-10-8-18)24-21(27)11-16-3-5-17(6-4-16)19-12-28-15(2)25-19/h3-10,12-14H,11H2,1-2H3,(H,24,27). The number of aryl methyl sites for hydroxylation is 1. The minimum Gasteiger partial charge on any atom is -0.347 e. The summed E-state index contributed by atoms with van der Waals surface area (Å²) < 4.78 is 0.